The highest BCUT2D eigenvalue weighted by molar-refractivity contribution is 8.00. The number of nitrogens with zero attached hydrogens (tertiary/aromatic N) is 2. The van der Waals surface area contributed by atoms with Crippen LogP contribution in [-0.4, -0.2) is 67.4 Å². The predicted molar refractivity (Wildman–Crippen MR) is 133 cm³/mol. The SMILES string of the molecule is O=C(CSC(c1ccccc1)c1ccc(Cl)cc1)N1CCC(CCN2CCOCC2)CC1. The summed E-state index contributed by atoms with van der Waals surface area (Å²) in [6, 6.07) is 18.4. The van der Waals surface area contributed by atoms with Crippen LogP contribution in [0.2, 0.25) is 5.02 Å². The number of rotatable bonds is 8. The van der Waals surface area contributed by atoms with E-state index in [9.17, 15) is 4.79 Å². The molecule has 4 nitrogen and oxygen atoms in total. The van der Waals surface area contributed by atoms with Gasteiger partial charge in [-0.1, -0.05) is 54.1 Å². The van der Waals surface area contributed by atoms with E-state index >= 15 is 0 Å². The van der Waals surface area contributed by atoms with Gasteiger partial charge in [0.25, 0.3) is 0 Å². The van der Waals surface area contributed by atoms with Crippen LogP contribution in [0.3, 0.4) is 0 Å². The molecule has 1 amide bonds. The van der Waals surface area contributed by atoms with Gasteiger partial charge in [-0.05, 0) is 55.0 Å². The summed E-state index contributed by atoms with van der Waals surface area (Å²) in [6.07, 6.45) is 3.49. The second kappa shape index (κ2) is 12.1. The zero-order valence-corrected chi connectivity index (χ0v) is 20.2. The van der Waals surface area contributed by atoms with Crippen molar-refractivity contribution in [2.75, 3.05) is 51.7 Å². The van der Waals surface area contributed by atoms with Gasteiger partial charge < -0.3 is 9.64 Å². The third kappa shape index (κ3) is 6.74. The molecule has 0 aromatic heterocycles. The summed E-state index contributed by atoms with van der Waals surface area (Å²) in [5, 5.41) is 0.863. The topological polar surface area (TPSA) is 32.8 Å². The molecule has 1 atom stereocenters. The molecule has 6 heteroatoms. The lowest BCUT2D eigenvalue weighted by atomic mass is 9.93. The Morgan fingerprint density at radius 1 is 0.969 bits per heavy atom. The van der Waals surface area contributed by atoms with Crippen LogP contribution in [0, 0.1) is 5.92 Å². The van der Waals surface area contributed by atoms with Gasteiger partial charge in [0.05, 0.1) is 24.2 Å². The van der Waals surface area contributed by atoms with Crippen LogP contribution < -0.4 is 0 Å². The number of carbonyl (C=O) groups excluding carboxylic acids is 1. The molecule has 2 aliphatic rings. The monoisotopic (exact) mass is 472 g/mol. The Bertz CT molecular complexity index is 835. The summed E-state index contributed by atoms with van der Waals surface area (Å²) < 4.78 is 5.44. The van der Waals surface area contributed by atoms with Gasteiger partial charge in [0, 0.05) is 31.2 Å². The Kier molecular flexibility index (Phi) is 8.92. The molecule has 0 bridgehead atoms. The van der Waals surface area contributed by atoms with Crippen molar-refractivity contribution >= 4 is 29.3 Å². The number of hydrogen-bond donors (Lipinski definition) is 0. The Morgan fingerprint density at radius 3 is 2.31 bits per heavy atom. The van der Waals surface area contributed by atoms with E-state index in [2.05, 4.69) is 46.2 Å². The predicted octanol–water partition coefficient (Wildman–Crippen LogP) is 5.12. The molecule has 2 fully saturated rings. The highest BCUT2D eigenvalue weighted by Crippen LogP contribution is 2.36. The number of piperidine rings is 1. The molecular weight excluding hydrogens is 440 g/mol. The maximum absolute atomic E-state index is 13.0. The minimum atomic E-state index is 0.128. The molecule has 2 aliphatic heterocycles. The Balaban J connectivity index is 1.27. The van der Waals surface area contributed by atoms with Crippen molar-refractivity contribution in [2.24, 2.45) is 5.92 Å². The first-order valence-corrected chi connectivity index (χ1v) is 13.1. The molecule has 2 saturated heterocycles. The standard InChI is InChI=1S/C26H33ClN2O2S/c27-24-8-6-23(7-9-24)26(22-4-2-1-3-5-22)32-20-25(30)29-14-11-21(12-15-29)10-13-28-16-18-31-19-17-28/h1-9,21,26H,10-20H2. The van der Waals surface area contributed by atoms with Crippen LogP contribution >= 0.6 is 23.4 Å². The number of amides is 1. The summed E-state index contributed by atoms with van der Waals surface area (Å²) in [5.74, 6) is 1.50. The van der Waals surface area contributed by atoms with Crippen molar-refractivity contribution in [3.63, 3.8) is 0 Å². The number of ether oxygens (including phenoxy) is 1. The van der Waals surface area contributed by atoms with Crippen LogP contribution in [0.15, 0.2) is 54.6 Å². The second-order valence-electron chi connectivity index (χ2n) is 8.72. The Labute approximate surface area is 201 Å². The summed E-state index contributed by atoms with van der Waals surface area (Å²) in [4.78, 5) is 17.6. The van der Waals surface area contributed by atoms with Gasteiger partial charge in [0.2, 0.25) is 5.91 Å². The summed E-state index contributed by atoms with van der Waals surface area (Å²) in [6.45, 7) is 6.80. The number of thioether (sulfide) groups is 1. The van der Waals surface area contributed by atoms with E-state index in [1.807, 2.05) is 18.2 Å². The molecule has 2 aromatic carbocycles. The first-order chi connectivity index (χ1) is 15.7. The van der Waals surface area contributed by atoms with Gasteiger partial charge >= 0.3 is 0 Å². The number of benzene rings is 2. The normalized spacial score (nSPS) is 19.1. The first-order valence-electron chi connectivity index (χ1n) is 11.7. The fraction of sp³-hybridized carbons (Fsp3) is 0.500. The highest BCUT2D eigenvalue weighted by Gasteiger charge is 2.25. The van der Waals surface area contributed by atoms with Crippen LogP contribution in [-0.2, 0) is 9.53 Å². The van der Waals surface area contributed by atoms with Crippen LogP contribution in [0.4, 0.5) is 0 Å². The molecule has 0 aliphatic carbocycles. The molecule has 0 spiro atoms. The lowest BCUT2D eigenvalue weighted by molar-refractivity contribution is -0.129. The smallest absolute Gasteiger partial charge is 0.232 e. The molecule has 4 rings (SSSR count). The molecule has 1 unspecified atom stereocenters. The first kappa shape index (κ1) is 23.6. The molecule has 0 saturated carbocycles. The summed E-state index contributed by atoms with van der Waals surface area (Å²) >= 11 is 7.81. The maximum Gasteiger partial charge on any atom is 0.232 e. The van der Waals surface area contributed by atoms with Crippen molar-refractivity contribution in [1.29, 1.82) is 0 Å². The van der Waals surface area contributed by atoms with Gasteiger partial charge in [0.1, 0.15) is 0 Å². The van der Waals surface area contributed by atoms with Crippen molar-refractivity contribution in [3.8, 4) is 0 Å². The van der Waals surface area contributed by atoms with E-state index in [-0.39, 0.29) is 11.2 Å². The van der Waals surface area contributed by atoms with Crippen molar-refractivity contribution in [1.82, 2.24) is 9.80 Å². The Hall–Kier alpha value is -1.53. The average Bonchev–Trinajstić information content (AvgIpc) is 2.85. The van der Waals surface area contributed by atoms with Gasteiger partial charge in [-0.25, -0.2) is 0 Å². The second-order valence-corrected chi connectivity index (χ2v) is 10.2. The summed E-state index contributed by atoms with van der Waals surface area (Å²) in [5.41, 5.74) is 2.40. The van der Waals surface area contributed by atoms with E-state index in [1.54, 1.807) is 11.8 Å². The van der Waals surface area contributed by atoms with E-state index < -0.39 is 0 Å². The van der Waals surface area contributed by atoms with E-state index in [0.29, 0.717) is 5.75 Å². The summed E-state index contributed by atoms with van der Waals surface area (Å²) in [7, 11) is 0. The number of carbonyl (C=O) groups is 1. The minimum absolute atomic E-state index is 0.128. The van der Waals surface area contributed by atoms with Crippen molar-refractivity contribution in [2.45, 2.75) is 24.5 Å². The van der Waals surface area contributed by atoms with E-state index in [1.165, 1.54) is 17.5 Å². The van der Waals surface area contributed by atoms with E-state index in [0.717, 1.165) is 69.7 Å². The number of morpholine rings is 1. The van der Waals surface area contributed by atoms with Gasteiger partial charge in [-0.2, -0.15) is 0 Å². The molecular formula is C26H33ClN2O2S. The number of hydrogen-bond acceptors (Lipinski definition) is 4. The Morgan fingerprint density at radius 2 is 1.62 bits per heavy atom. The number of halogens is 1. The van der Waals surface area contributed by atoms with Crippen molar-refractivity contribution < 1.29 is 9.53 Å². The third-order valence-corrected chi connectivity index (χ3v) is 8.12. The average molecular weight is 473 g/mol. The largest absolute Gasteiger partial charge is 0.379 e. The molecule has 0 N–H and O–H groups in total. The lowest BCUT2D eigenvalue weighted by Gasteiger charge is -2.34. The fourth-order valence-corrected chi connectivity index (χ4v) is 5.87. The molecule has 2 heterocycles. The molecule has 0 radical (unpaired) electrons. The lowest BCUT2D eigenvalue weighted by Crippen LogP contribution is -2.41. The number of likely N-dealkylation sites (tertiary alicyclic amines) is 1. The maximum atomic E-state index is 13.0. The van der Waals surface area contributed by atoms with Gasteiger partial charge in [0.15, 0.2) is 0 Å². The minimum Gasteiger partial charge on any atom is -0.379 e. The zero-order chi connectivity index (χ0) is 22.2. The molecule has 2 aromatic rings. The van der Waals surface area contributed by atoms with Crippen LogP contribution in [0.5, 0.6) is 0 Å². The fourth-order valence-electron chi connectivity index (χ4n) is 4.56. The molecule has 172 valence electrons. The zero-order valence-electron chi connectivity index (χ0n) is 18.6. The van der Waals surface area contributed by atoms with Gasteiger partial charge in [-0.15, -0.1) is 11.8 Å². The third-order valence-electron chi connectivity index (χ3n) is 6.57. The van der Waals surface area contributed by atoms with Crippen LogP contribution in [0.25, 0.3) is 0 Å². The van der Waals surface area contributed by atoms with Crippen molar-refractivity contribution in [3.05, 3.63) is 70.7 Å². The van der Waals surface area contributed by atoms with E-state index in [4.69, 9.17) is 16.3 Å². The highest BCUT2D eigenvalue weighted by atomic mass is 35.5. The van der Waals surface area contributed by atoms with Gasteiger partial charge in [-0.3, -0.25) is 9.69 Å². The quantitative estimate of drug-likeness (QED) is 0.533. The molecule has 32 heavy (non-hydrogen) atoms. The van der Waals surface area contributed by atoms with Crippen LogP contribution in [0.1, 0.15) is 35.6 Å².